The SMILES string of the molecule is COCCN(C)C1CCC(=O)N(Cc2ccccc2)CC1. The zero-order valence-corrected chi connectivity index (χ0v) is 13.1. The van der Waals surface area contributed by atoms with E-state index in [1.807, 2.05) is 23.1 Å². The highest BCUT2D eigenvalue weighted by molar-refractivity contribution is 5.76. The molecule has 116 valence electrons. The number of hydrogen-bond donors (Lipinski definition) is 0. The summed E-state index contributed by atoms with van der Waals surface area (Å²) in [6.45, 7) is 3.24. The van der Waals surface area contributed by atoms with Crippen molar-refractivity contribution < 1.29 is 9.53 Å². The summed E-state index contributed by atoms with van der Waals surface area (Å²) in [6, 6.07) is 10.7. The van der Waals surface area contributed by atoms with Crippen molar-refractivity contribution in [2.24, 2.45) is 0 Å². The van der Waals surface area contributed by atoms with Crippen LogP contribution in [-0.2, 0) is 16.1 Å². The molecule has 0 radical (unpaired) electrons. The maximum absolute atomic E-state index is 12.3. The average molecular weight is 290 g/mol. The van der Waals surface area contributed by atoms with Crippen molar-refractivity contribution >= 4 is 5.91 Å². The van der Waals surface area contributed by atoms with E-state index >= 15 is 0 Å². The van der Waals surface area contributed by atoms with Gasteiger partial charge in [-0.3, -0.25) is 4.79 Å². The van der Waals surface area contributed by atoms with Crippen LogP contribution in [-0.4, -0.2) is 55.6 Å². The number of amides is 1. The normalized spacial score (nSPS) is 19.9. The standard InChI is InChI=1S/C17H26N2O2/c1-18(12-13-21-2)16-8-9-17(20)19(11-10-16)14-15-6-4-3-5-7-15/h3-7,16H,8-14H2,1-2H3. The van der Waals surface area contributed by atoms with Crippen LogP contribution in [0.1, 0.15) is 24.8 Å². The first-order chi connectivity index (χ1) is 10.2. The Morgan fingerprint density at radius 3 is 2.76 bits per heavy atom. The summed E-state index contributed by atoms with van der Waals surface area (Å²) in [4.78, 5) is 16.6. The monoisotopic (exact) mass is 290 g/mol. The second kappa shape index (κ2) is 8.15. The molecule has 0 saturated carbocycles. The fourth-order valence-electron chi connectivity index (χ4n) is 2.85. The largest absolute Gasteiger partial charge is 0.383 e. The smallest absolute Gasteiger partial charge is 0.222 e. The molecule has 1 aromatic rings. The number of rotatable bonds is 6. The van der Waals surface area contributed by atoms with Crippen LogP contribution >= 0.6 is 0 Å². The van der Waals surface area contributed by atoms with Crippen molar-refractivity contribution in [3.05, 3.63) is 35.9 Å². The molecule has 1 heterocycles. The molecule has 1 aliphatic heterocycles. The van der Waals surface area contributed by atoms with Gasteiger partial charge in [0.25, 0.3) is 0 Å². The lowest BCUT2D eigenvalue weighted by Gasteiger charge is -2.26. The third kappa shape index (κ3) is 4.83. The summed E-state index contributed by atoms with van der Waals surface area (Å²) in [7, 11) is 3.85. The lowest BCUT2D eigenvalue weighted by atomic mass is 10.1. The Morgan fingerprint density at radius 1 is 1.29 bits per heavy atom. The molecule has 0 N–H and O–H groups in total. The number of carbonyl (C=O) groups excluding carboxylic acids is 1. The van der Waals surface area contributed by atoms with Crippen molar-refractivity contribution in [1.82, 2.24) is 9.80 Å². The van der Waals surface area contributed by atoms with Gasteiger partial charge in [0.15, 0.2) is 0 Å². The summed E-state index contributed by atoms with van der Waals surface area (Å²) in [5, 5.41) is 0. The maximum atomic E-state index is 12.3. The van der Waals surface area contributed by atoms with E-state index < -0.39 is 0 Å². The van der Waals surface area contributed by atoms with Gasteiger partial charge in [-0.25, -0.2) is 0 Å². The first-order valence-electron chi connectivity index (χ1n) is 7.71. The fraction of sp³-hybridized carbons (Fsp3) is 0.588. The zero-order chi connectivity index (χ0) is 15.1. The number of ether oxygens (including phenoxy) is 1. The predicted octanol–water partition coefficient (Wildman–Crippen LogP) is 2.15. The molecule has 0 aliphatic carbocycles. The van der Waals surface area contributed by atoms with Crippen LogP contribution in [0.2, 0.25) is 0 Å². The number of hydrogen-bond acceptors (Lipinski definition) is 3. The van der Waals surface area contributed by atoms with Gasteiger partial charge in [0.1, 0.15) is 0 Å². The van der Waals surface area contributed by atoms with Crippen molar-refractivity contribution in [1.29, 1.82) is 0 Å². The minimum atomic E-state index is 0.279. The molecule has 21 heavy (non-hydrogen) atoms. The molecule has 1 aliphatic rings. The van der Waals surface area contributed by atoms with Crippen LogP contribution in [0, 0.1) is 0 Å². The third-order valence-electron chi connectivity index (χ3n) is 4.26. The van der Waals surface area contributed by atoms with E-state index in [1.165, 1.54) is 5.56 Å². The Balaban J connectivity index is 1.90. The van der Waals surface area contributed by atoms with Crippen molar-refractivity contribution in [2.75, 3.05) is 33.9 Å². The Labute approximate surface area is 127 Å². The molecular formula is C17H26N2O2. The first-order valence-corrected chi connectivity index (χ1v) is 7.71. The number of nitrogens with zero attached hydrogens (tertiary/aromatic N) is 2. The molecule has 1 aromatic carbocycles. The molecule has 0 aromatic heterocycles. The lowest BCUT2D eigenvalue weighted by Crippen LogP contribution is -2.35. The van der Waals surface area contributed by atoms with Crippen molar-refractivity contribution in [3.8, 4) is 0 Å². The van der Waals surface area contributed by atoms with Gasteiger partial charge in [0.05, 0.1) is 6.61 Å². The Bertz CT molecular complexity index is 436. The van der Waals surface area contributed by atoms with E-state index in [4.69, 9.17) is 4.74 Å². The van der Waals surface area contributed by atoms with Crippen molar-refractivity contribution in [3.63, 3.8) is 0 Å². The van der Waals surface area contributed by atoms with E-state index in [-0.39, 0.29) is 5.91 Å². The molecule has 0 spiro atoms. The summed E-state index contributed by atoms with van der Waals surface area (Å²) in [5.41, 5.74) is 1.21. The minimum Gasteiger partial charge on any atom is -0.383 e. The summed E-state index contributed by atoms with van der Waals surface area (Å²) in [6.07, 6.45) is 2.64. The van der Waals surface area contributed by atoms with Crippen molar-refractivity contribution in [2.45, 2.75) is 31.8 Å². The van der Waals surface area contributed by atoms with Crippen LogP contribution in [0.15, 0.2) is 30.3 Å². The molecule has 1 saturated heterocycles. The second-order valence-electron chi connectivity index (χ2n) is 5.76. The number of likely N-dealkylation sites (N-methyl/N-ethyl adjacent to an activating group) is 1. The molecule has 1 fully saturated rings. The summed E-state index contributed by atoms with van der Waals surface area (Å²) >= 11 is 0. The van der Waals surface area contributed by atoms with Crippen LogP contribution in [0.3, 0.4) is 0 Å². The van der Waals surface area contributed by atoms with Gasteiger partial charge in [-0.05, 0) is 25.5 Å². The highest BCUT2D eigenvalue weighted by Gasteiger charge is 2.24. The molecule has 4 heteroatoms. The van der Waals surface area contributed by atoms with E-state index in [2.05, 4.69) is 24.1 Å². The number of methoxy groups -OCH3 is 1. The zero-order valence-electron chi connectivity index (χ0n) is 13.1. The molecule has 0 bridgehead atoms. The first kappa shape index (κ1) is 16.0. The Kier molecular flexibility index (Phi) is 6.21. The van der Waals surface area contributed by atoms with Crippen LogP contribution in [0.5, 0.6) is 0 Å². The minimum absolute atomic E-state index is 0.279. The number of likely N-dealkylation sites (tertiary alicyclic amines) is 1. The summed E-state index contributed by atoms with van der Waals surface area (Å²) < 4.78 is 5.14. The highest BCUT2D eigenvalue weighted by Crippen LogP contribution is 2.18. The molecule has 2 rings (SSSR count). The Hall–Kier alpha value is -1.39. The molecular weight excluding hydrogens is 264 g/mol. The highest BCUT2D eigenvalue weighted by atomic mass is 16.5. The molecule has 1 atom stereocenters. The van der Waals surface area contributed by atoms with E-state index in [1.54, 1.807) is 7.11 Å². The van der Waals surface area contributed by atoms with Gasteiger partial charge in [0.2, 0.25) is 5.91 Å². The van der Waals surface area contributed by atoms with E-state index in [0.29, 0.717) is 12.5 Å². The molecule has 1 unspecified atom stereocenters. The average Bonchev–Trinajstić information content (AvgIpc) is 2.69. The fourth-order valence-corrected chi connectivity index (χ4v) is 2.85. The van der Waals surface area contributed by atoms with Gasteiger partial charge in [0, 0.05) is 39.2 Å². The van der Waals surface area contributed by atoms with Gasteiger partial charge in [-0.2, -0.15) is 0 Å². The predicted molar refractivity (Wildman–Crippen MR) is 84.0 cm³/mol. The lowest BCUT2D eigenvalue weighted by molar-refractivity contribution is -0.131. The van der Waals surface area contributed by atoms with Crippen LogP contribution in [0.25, 0.3) is 0 Å². The molecule has 4 nitrogen and oxygen atoms in total. The number of benzene rings is 1. The van der Waals surface area contributed by atoms with Gasteiger partial charge in [-0.1, -0.05) is 30.3 Å². The van der Waals surface area contributed by atoms with Crippen LogP contribution in [0.4, 0.5) is 0 Å². The van der Waals surface area contributed by atoms with E-state index in [9.17, 15) is 4.79 Å². The quantitative estimate of drug-likeness (QED) is 0.805. The Morgan fingerprint density at radius 2 is 2.05 bits per heavy atom. The second-order valence-corrected chi connectivity index (χ2v) is 5.76. The van der Waals surface area contributed by atoms with Gasteiger partial charge >= 0.3 is 0 Å². The third-order valence-corrected chi connectivity index (χ3v) is 4.26. The van der Waals surface area contributed by atoms with Gasteiger partial charge in [-0.15, -0.1) is 0 Å². The maximum Gasteiger partial charge on any atom is 0.222 e. The van der Waals surface area contributed by atoms with Gasteiger partial charge < -0.3 is 14.5 Å². The molecule has 1 amide bonds. The van der Waals surface area contributed by atoms with E-state index in [0.717, 1.165) is 39.1 Å². The van der Waals surface area contributed by atoms with Crippen LogP contribution < -0.4 is 0 Å². The topological polar surface area (TPSA) is 32.8 Å². The number of carbonyl (C=O) groups is 1. The summed E-state index contributed by atoms with van der Waals surface area (Å²) in [5.74, 6) is 0.279.